The molecule has 6 nitrogen and oxygen atoms in total. The second-order valence-electron chi connectivity index (χ2n) is 7.08. The van der Waals surface area contributed by atoms with E-state index in [1.807, 2.05) is 26.0 Å². The molecular formula is C21H22ClNO5S. The zero-order chi connectivity index (χ0) is 21.2. The molecule has 1 unspecified atom stereocenters. The van der Waals surface area contributed by atoms with E-state index in [1.165, 1.54) is 24.3 Å². The van der Waals surface area contributed by atoms with Crippen LogP contribution < -0.4 is 0 Å². The molecule has 0 N–H and O–H groups in total. The Morgan fingerprint density at radius 1 is 1.14 bits per heavy atom. The van der Waals surface area contributed by atoms with Gasteiger partial charge in [-0.15, -0.1) is 0 Å². The van der Waals surface area contributed by atoms with E-state index in [9.17, 15) is 18.0 Å². The summed E-state index contributed by atoms with van der Waals surface area (Å²) in [6, 6.07) is 10.3. The van der Waals surface area contributed by atoms with Crippen LogP contribution in [0, 0.1) is 13.8 Å². The fourth-order valence-electron chi connectivity index (χ4n) is 3.35. The van der Waals surface area contributed by atoms with Crippen LogP contribution in [0.2, 0.25) is 5.02 Å². The Kier molecular flexibility index (Phi) is 6.41. The smallest absolute Gasteiger partial charge is 0.324 e. The van der Waals surface area contributed by atoms with Crippen molar-refractivity contribution < 1.29 is 22.7 Å². The lowest BCUT2D eigenvalue weighted by atomic mass is 10.0. The van der Waals surface area contributed by atoms with Crippen molar-refractivity contribution in [1.82, 2.24) is 4.31 Å². The van der Waals surface area contributed by atoms with E-state index in [1.54, 1.807) is 6.07 Å². The van der Waals surface area contributed by atoms with Crippen molar-refractivity contribution >= 4 is 33.4 Å². The Bertz CT molecular complexity index is 1030. The molecule has 0 radical (unpaired) electrons. The highest BCUT2D eigenvalue weighted by Crippen LogP contribution is 2.27. The number of carbonyl (C=O) groups excluding carboxylic acids is 2. The quantitative estimate of drug-likeness (QED) is 0.512. The van der Waals surface area contributed by atoms with Gasteiger partial charge in [0.05, 0.1) is 4.90 Å². The monoisotopic (exact) mass is 435 g/mol. The third-order valence-electron chi connectivity index (χ3n) is 4.93. The number of nitrogens with zero attached hydrogens (tertiary/aromatic N) is 1. The first-order valence-electron chi connectivity index (χ1n) is 9.24. The lowest BCUT2D eigenvalue weighted by Crippen LogP contribution is -2.41. The number of Topliss-reactive ketones (excluding diaryl/α,β-unsaturated/α-hetero) is 1. The van der Waals surface area contributed by atoms with Crippen molar-refractivity contribution in [3.05, 3.63) is 64.2 Å². The number of benzene rings is 2. The fraction of sp³-hybridized carbons (Fsp3) is 0.333. The molecule has 2 aromatic rings. The van der Waals surface area contributed by atoms with Crippen molar-refractivity contribution in [3.8, 4) is 0 Å². The zero-order valence-electron chi connectivity index (χ0n) is 16.2. The topological polar surface area (TPSA) is 80.8 Å². The van der Waals surface area contributed by atoms with Gasteiger partial charge >= 0.3 is 5.97 Å². The van der Waals surface area contributed by atoms with E-state index in [0.717, 1.165) is 15.4 Å². The molecule has 1 heterocycles. The predicted molar refractivity (Wildman–Crippen MR) is 110 cm³/mol. The van der Waals surface area contributed by atoms with Crippen LogP contribution in [-0.2, 0) is 19.6 Å². The van der Waals surface area contributed by atoms with Gasteiger partial charge < -0.3 is 4.74 Å². The minimum Gasteiger partial charge on any atom is -0.456 e. The van der Waals surface area contributed by atoms with Crippen LogP contribution in [0.15, 0.2) is 47.4 Å². The summed E-state index contributed by atoms with van der Waals surface area (Å²) in [5, 5.41) is 0.422. The number of aryl methyl sites for hydroxylation is 2. The minimum absolute atomic E-state index is 0.0630. The molecule has 0 aliphatic carbocycles. The molecule has 0 bridgehead atoms. The van der Waals surface area contributed by atoms with Crippen molar-refractivity contribution in [3.63, 3.8) is 0 Å². The second-order valence-corrected chi connectivity index (χ2v) is 9.40. The summed E-state index contributed by atoms with van der Waals surface area (Å²) in [6.07, 6.45) is 0.890. The molecule has 29 heavy (non-hydrogen) atoms. The van der Waals surface area contributed by atoms with E-state index >= 15 is 0 Å². The van der Waals surface area contributed by atoms with Crippen molar-refractivity contribution in [2.24, 2.45) is 0 Å². The zero-order valence-corrected chi connectivity index (χ0v) is 17.8. The Balaban J connectivity index is 1.71. The summed E-state index contributed by atoms with van der Waals surface area (Å²) in [7, 11) is -3.86. The van der Waals surface area contributed by atoms with Crippen LogP contribution >= 0.6 is 11.6 Å². The van der Waals surface area contributed by atoms with Gasteiger partial charge in [-0.25, -0.2) is 8.42 Å². The number of sulfonamides is 1. The SMILES string of the molecule is Cc1ccc(C)c(C(=O)COC(=O)C2CCCN2S(=O)(=O)c2ccc(Cl)cc2)c1. The van der Waals surface area contributed by atoms with E-state index in [-0.39, 0.29) is 17.2 Å². The molecule has 1 fully saturated rings. The van der Waals surface area contributed by atoms with Crippen LogP contribution in [0.1, 0.15) is 34.3 Å². The van der Waals surface area contributed by atoms with E-state index in [0.29, 0.717) is 23.4 Å². The number of ether oxygens (including phenoxy) is 1. The standard InChI is InChI=1S/C21H22ClNO5S/c1-14-5-6-15(2)18(12-14)20(24)13-28-21(25)19-4-3-11-23(19)29(26,27)17-9-7-16(22)8-10-17/h5-10,12,19H,3-4,11,13H2,1-2H3. The van der Waals surface area contributed by atoms with Gasteiger partial charge in [-0.1, -0.05) is 29.3 Å². The predicted octanol–water partition coefficient (Wildman–Crippen LogP) is 3.54. The minimum atomic E-state index is -3.86. The van der Waals surface area contributed by atoms with Gasteiger partial charge in [-0.05, 0) is 62.6 Å². The molecule has 3 rings (SSSR count). The van der Waals surface area contributed by atoms with Gasteiger partial charge in [0.1, 0.15) is 6.04 Å². The number of esters is 1. The molecule has 1 aliphatic heterocycles. The van der Waals surface area contributed by atoms with Crippen LogP contribution in [0.25, 0.3) is 0 Å². The van der Waals surface area contributed by atoms with E-state index in [4.69, 9.17) is 16.3 Å². The number of rotatable bonds is 6. The average Bonchev–Trinajstić information content (AvgIpc) is 3.19. The van der Waals surface area contributed by atoms with Gasteiger partial charge in [0.15, 0.2) is 6.61 Å². The lowest BCUT2D eigenvalue weighted by molar-refractivity contribution is -0.146. The van der Waals surface area contributed by atoms with Crippen LogP contribution in [0.4, 0.5) is 0 Å². The third-order valence-corrected chi connectivity index (χ3v) is 7.11. The van der Waals surface area contributed by atoms with Crippen molar-refractivity contribution in [1.29, 1.82) is 0 Å². The van der Waals surface area contributed by atoms with Gasteiger partial charge in [-0.3, -0.25) is 9.59 Å². The molecule has 0 aromatic heterocycles. The first-order valence-corrected chi connectivity index (χ1v) is 11.1. The molecule has 8 heteroatoms. The molecule has 0 spiro atoms. The van der Waals surface area contributed by atoms with E-state index < -0.39 is 28.6 Å². The van der Waals surface area contributed by atoms with Crippen molar-refractivity contribution in [2.45, 2.75) is 37.6 Å². The molecular weight excluding hydrogens is 414 g/mol. The maximum Gasteiger partial charge on any atom is 0.324 e. The first-order chi connectivity index (χ1) is 13.7. The molecule has 1 aliphatic rings. The number of halogens is 1. The largest absolute Gasteiger partial charge is 0.456 e. The van der Waals surface area contributed by atoms with Crippen LogP contribution in [0.3, 0.4) is 0 Å². The fourth-order valence-corrected chi connectivity index (χ4v) is 5.12. The maximum atomic E-state index is 12.9. The molecule has 1 atom stereocenters. The second kappa shape index (κ2) is 8.65. The number of ketones is 1. The van der Waals surface area contributed by atoms with Gasteiger partial charge in [0.2, 0.25) is 15.8 Å². The van der Waals surface area contributed by atoms with Crippen LogP contribution in [-0.4, -0.2) is 43.7 Å². The van der Waals surface area contributed by atoms with Gasteiger partial charge in [-0.2, -0.15) is 4.31 Å². The molecule has 0 saturated carbocycles. The summed E-state index contributed by atoms with van der Waals surface area (Å²) in [5.41, 5.74) is 2.22. The van der Waals surface area contributed by atoms with Gasteiger partial charge in [0, 0.05) is 17.1 Å². The highest BCUT2D eigenvalue weighted by Gasteiger charge is 2.40. The third kappa shape index (κ3) is 4.69. The van der Waals surface area contributed by atoms with Crippen molar-refractivity contribution in [2.75, 3.05) is 13.2 Å². The first kappa shape index (κ1) is 21.5. The molecule has 2 aromatic carbocycles. The highest BCUT2D eigenvalue weighted by atomic mass is 35.5. The lowest BCUT2D eigenvalue weighted by Gasteiger charge is -2.22. The van der Waals surface area contributed by atoms with Gasteiger partial charge in [0.25, 0.3) is 0 Å². The highest BCUT2D eigenvalue weighted by molar-refractivity contribution is 7.89. The summed E-state index contributed by atoms with van der Waals surface area (Å²) < 4.78 is 32.2. The Morgan fingerprint density at radius 2 is 1.83 bits per heavy atom. The summed E-state index contributed by atoms with van der Waals surface area (Å²) >= 11 is 5.83. The van der Waals surface area contributed by atoms with Crippen LogP contribution in [0.5, 0.6) is 0 Å². The summed E-state index contributed by atoms with van der Waals surface area (Å²) in [6.45, 7) is 3.48. The Labute approximate surface area is 175 Å². The molecule has 154 valence electrons. The molecule has 1 saturated heterocycles. The van der Waals surface area contributed by atoms with E-state index in [2.05, 4.69) is 0 Å². The summed E-state index contributed by atoms with van der Waals surface area (Å²) in [5.74, 6) is -1.02. The Hall–Kier alpha value is -2.22. The normalized spacial score (nSPS) is 17.3. The Morgan fingerprint density at radius 3 is 2.52 bits per heavy atom. The number of hydrogen-bond donors (Lipinski definition) is 0. The maximum absolute atomic E-state index is 12.9. The average molecular weight is 436 g/mol. The number of carbonyl (C=O) groups is 2. The molecule has 0 amide bonds. The number of hydrogen-bond acceptors (Lipinski definition) is 5. The summed E-state index contributed by atoms with van der Waals surface area (Å²) in [4.78, 5) is 25.1.